The minimum atomic E-state index is -1.14. The van der Waals surface area contributed by atoms with E-state index >= 15 is 4.39 Å². The Morgan fingerprint density at radius 1 is 0.739 bits per heavy atom. The van der Waals surface area contributed by atoms with E-state index in [2.05, 4.69) is 4.98 Å². The number of carbonyl (C=O) groups excluding carboxylic acids is 2. The van der Waals surface area contributed by atoms with Crippen LogP contribution in [0.1, 0.15) is 30.5 Å². The Kier molecular flexibility index (Phi) is 8.54. The summed E-state index contributed by atoms with van der Waals surface area (Å²) in [5, 5.41) is 0.600. The van der Waals surface area contributed by atoms with E-state index in [-0.39, 0.29) is 47.8 Å². The molecule has 0 radical (unpaired) electrons. The van der Waals surface area contributed by atoms with Crippen LogP contribution in [0.4, 0.5) is 8.78 Å². The van der Waals surface area contributed by atoms with Crippen LogP contribution in [0.15, 0.2) is 97.2 Å². The van der Waals surface area contributed by atoms with Crippen LogP contribution >= 0.6 is 0 Å². The van der Waals surface area contributed by atoms with Crippen molar-refractivity contribution in [2.45, 2.75) is 33.3 Å². The summed E-state index contributed by atoms with van der Waals surface area (Å²) in [6.45, 7) is 4.12. The van der Waals surface area contributed by atoms with Gasteiger partial charge in [-0.15, -0.1) is 0 Å². The van der Waals surface area contributed by atoms with Crippen LogP contribution in [0.5, 0.6) is 23.0 Å². The molecule has 0 N–H and O–H groups in total. The summed E-state index contributed by atoms with van der Waals surface area (Å²) in [4.78, 5) is 31.4. The third kappa shape index (κ3) is 5.95. The molecule has 0 aliphatic heterocycles. The number of ether oxygens (including phenoxy) is 3. The highest BCUT2D eigenvalue weighted by atomic mass is 19.1. The van der Waals surface area contributed by atoms with Crippen LogP contribution in [0, 0.1) is 28.9 Å². The van der Waals surface area contributed by atoms with Crippen LogP contribution in [0.25, 0.3) is 10.9 Å². The lowest BCUT2D eigenvalue weighted by molar-refractivity contribution is -0.135. The summed E-state index contributed by atoms with van der Waals surface area (Å²) in [6, 6.07) is 25.0. The molecule has 1 aliphatic carbocycles. The molecule has 0 unspecified atom stereocenters. The molecule has 5 aromatic rings. The minimum Gasteiger partial charge on any atom is -0.493 e. The largest absolute Gasteiger partial charge is 0.493 e. The van der Waals surface area contributed by atoms with Gasteiger partial charge in [-0.1, -0.05) is 62.4 Å². The standard InChI is InChI=1S/C38H33F2NO5/c1-23-24(2)38(23,36(42)18-25-9-12-28(39)13-10-25)37(43)19-27-11-14-33(30(40)17-27)46-32-15-16-41-31-21-35(34(44-3)20-29(31)32)45-22-26-7-5-4-6-8-26/h4-17,20-21,23-24H,18-19,22H2,1-3H3/t23-,24-/m1/s1. The monoisotopic (exact) mass is 621 g/mol. The first-order valence-electron chi connectivity index (χ1n) is 15.1. The maximum Gasteiger partial charge on any atom is 0.166 e. The molecule has 6 rings (SSSR count). The molecular formula is C38H33F2NO5. The minimum absolute atomic E-state index is 0.0256. The maximum absolute atomic E-state index is 15.4. The number of hydrogen-bond donors (Lipinski definition) is 0. The fourth-order valence-corrected chi connectivity index (χ4v) is 6.29. The van der Waals surface area contributed by atoms with Gasteiger partial charge in [0.1, 0.15) is 18.2 Å². The van der Waals surface area contributed by atoms with Gasteiger partial charge in [0.2, 0.25) is 0 Å². The number of carbonyl (C=O) groups is 2. The normalized spacial score (nSPS) is 18.6. The molecule has 1 heterocycles. The van der Waals surface area contributed by atoms with Crippen LogP contribution in [0.2, 0.25) is 0 Å². The number of Topliss-reactive ketones (excluding diaryl/α,β-unsaturated/α-hetero) is 2. The van der Waals surface area contributed by atoms with E-state index in [0.29, 0.717) is 45.9 Å². The Labute approximate surface area is 266 Å². The van der Waals surface area contributed by atoms with Gasteiger partial charge >= 0.3 is 0 Å². The van der Waals surface area contributed by atoms with Crippen molar-refractivity contribution in [1.82, 2.24) is 4.98 Å². The van der Waals surface area contributed by atoms with Crippen LogP contribution in [-0.4, -0.2) is 23.7 Å². The smallest absolute Gasteiger partial charge is 0.166 e. The summed E-state index contributed by atoms with van der Waals surface area (Å²) in [7, 11) is 1.54. The maximum atomic E-state index is 15.4. The highest BCUT2D eigenvalue weighted by Crippen LogP contribution is 2.60. The molecule has 4 aromatic carbocycles. The first-order chi connectivity index (χ1) is 22.2. The molecule has 234 valence electrons. The molecule has 0 saturated heterocycles. The highest BCUT2D eigenvalue weighted by Gasteiger charge is 2.67. The van der Waals surface area contributed by atoms with E-state index in [9.17, 15) is 14.0 Å². The lowest BCUT2D eigenvalue weighted by Gasteiger charge is -2.16. The second kappa shape index (κ2) is 12.7. The van der Waals surface area contributed by atoms with Crippen LogP contribution in [0.3, 0.4) is 0 Å². The summed E-state index contributed by atoms with van der Waals surface area (Å²) in [6.07, 6.45) is 1.51. The van der Waals surface area contributed by atoms with Crippen molar-refractivity contribution in [2.75, 3.05) is 7.11 Å². The van der Waals surface area contributed by atoms with Gasteiger partial charge in [-0.3, -0.25) is 14.6 Å². The van der Waals surface area contributed by atoms with E-state index < -0.39 is 11.2 Å². The van der Waals surface area contributed by atoms with Gasteiger partial charge in [0, 0.05) is 30.5 Å². The van der Waals surface area contributed by atoms with Crippen molar-refractivity contribution < 1.29 is 32.6 Å². The molecule has 1 aliphatic rings. The molecule has 0 amide bonds. The Balaban J connectivity index is 1.18. The fourth-order valence-electron chi connectivity index (χ4n) is 6.29. The molecule has 46 heavy (non-hydrogen) atoms. The molecule has 1 aromatic heterocycles. The predicted molar refractivity (Wildman–Crippen MR) is 170 cm³/mol. The second-order valence-corrected chi connectivity index (χ2v) is 11.7. The van der Waals surface area contributed by atoms with Gasteiger partial charge in [0.15, 0.2) is 34.6 Å². The van der Waals surface area contributed by atoms with Crippen molar-refractivity contribution in [1.29, 1.82) is 0 Å². The topological polar surface area (TPSA) is 74.7 Å². The third-order valence-electron chi connectivity index (χ3n) is 9.08. The highest BCUT2D eigenvalue weighted by molar-refractivity contribution is 6.12. The number of pyridine rings is 1. The van der Waals surface area contributed by atoms with E-state index in [1.165, 1.54) is 31.4 Å². The van der Waals surface area contributed by atoms with Crippen molar-refractivity contribution >= 4 is 22.5 Å². The number of methoxy groups -OCH3 is 1. The summed E-state index contributed by atoms with van der Waals surface area (Å²) >= 11 is 0. The van der Waals surface area contributed by atoms with E-state index in [4.69, 9.17) is 14.2 Å². The first kappa shape index (κ1) is 30.9. The number of fused-ring (bicyclic) bond motifs is 1. The first-order valence-corrected chi connectivity index (χ1v) is 15.1. The number of halogens is 2. The lowest BCUT2D eigenvalue weighted by Crippen LogP contribution is -2.32. The van der Waals surface area contributed by atoms with Crippen LogP contribution < -0.4 is 14.2 Å². The molecular weight excluding hydrogens is 588 g/mol. The quantitative estimate of drug-likeness (QED) is 0.131. The predicted octanol–water partition coefficient (Wildman–Crippen LogP) is 8.09. The molecule has 8 heteroatoms. The average molecular weight is 622 g/mol. The SMILES string of the molecule is COc1cc2c(Oc3ccc(CC(=O)C4(C(=O)Cc5ccc(F)cc5)[C@H](C)[C@H]4C)cc3F)ccnc2cc1OCc1ccccc1. The fraction of sp³-hybridized carbons (Fsp3) is 0.237. The van der Waals surface area contributed by atoms with Gasteiger partial charge in [0.25, 0.3) is 0 Å². The average Bonchev–Trinajstić information content (AvgIpc) is 3.62. The zero-order valence-electron chi connectivity index (χ0n) is 25.8. The third-order valence-corrected chi connectivity index (χ3v) is 9.08. The van der Waals surface area contributed by atoms with Crippen LogP contribution in [-0.2, 0) is 29.0 Å². The molecule has 0 spiro atoms. The Morgan fingerprint density at radius 2 is 1.41 bits per heavy atom. The summed E-state index contributed by atoms with van der Waals surface area (Å²) in [5.41, 5.74) is 1.53. The number of rotatable bonds is 12. The Hall–Kier alpha value is -5.11. The lowest BCUT2D eigenvalue weighted by atomic mass is 9.84. The van der Waals surface area contributed by atoms with Crippen molar-refractivity contribution in [2.24, 2.45) is 17.3 Å². The molecule has 2 atom stereocenters. The number of ketones is 2. The van der Waals surface area contributed by atoms with Crippen molar-refractivity contribution in [3.63, 3.8) is 0 Å². The Bertz CT molecular complexity index is 1900. The van der Waals surface area contributed by atoms with Gasteiger partial charge in [-0.25, -0.2) is 8.78 Å². The number of benzene rings is 4. The molecule has 6 nitrogen and oxygen atoms in total. The Morgan fingerprint density at radius 3 is 2.07 bits per heavy atom. The molecule has 1 saturated carbocycles. The number of aromatic nitrogens is 1. The van der Waals surface area contributed by atoms with E-state index in [1.54, 1.807) is 42.6 Å². The van der Waals surface area contributed by atoms with Gasteiger partial charge < -0.3 is 14.2 Å². The van der Waals surface area contributed by atoms with Crippen molar-refractivity contribution in [3.8, 4) is 23.0 Å². The van der Waals surface area contributed by atoms with E-state index in [0.717, 1.165) is 5.56 Å². The van der Waals surface area contributed by atoms with Crippen molar-refractivity contribution in [3.05, 3.63) is 126 Å². The number of nitrogens with zero attached hydrogens (tertiary/aromatic N) is 1. The number of hydrogen-bond acceptors (Lipinski definition) is 6. The van der Waals surface area contributed by atoms with E-state index in [1.807, 2.05) is 44.2 Å². The van der Waals surface area contributed by atoms with Gasteiger partial charge in [0.05, 0.1) is 18.0 Å². The van der Waals surface area contributed by atoms with Gasteiger partial charge in [-0.2, -0.15) is 0 Å². The zero-order valence-corrected chi connectivity index (χ0v) is 25.8. The second-order valence-electron chi connectivity index (χ2n) is 11.7. The summed E-state index contributed by atoms with van der Waals surface area (Å²) < 4.78 is 46.3. The zero-order chi connectivity index (χ0) is 32.4. The van der Waals surface area contributed by atoms with Gasteiger partial charge in [-0.05, 0) is 64.9 Å². The summed E-state index contributed by atoms with van der Waals surface area (Å²) in [5.74, 6) is -0.423. The molecule has 0 bridgehead atoms. The molecule has 1 fully saturated rings.